The van der Waals surface area contributed by atoms with Gasteiger partial charge in [0, 0.05) is 18.0 Å². The molecule has 6 heteroatoms. The summed E-state index contributed by atoms with van der Waals surface area (Å²) in [5, 5.41) is 6.54. The number of nitrogens with two attached hydrogens (primary N) is 1. The first-order chi connectivity index (χ1) is 8.25. The predicted molar refractivity (Wildman–Crippen MR) is 66.2 cm³/mol. The lowest BCUT2D eigenvalue weighted by atomic mass is 9.91. The zero-order valence-corrected chi connectivity index (χ0v) is 10.1. The van der Waals surface area contributed by atoms with Gasteiger partial charge in [0.15, 0.2) is 0 Å². The summed E-state index contributed by atoms with van der Waals surface area (Å²) < 4.78 is 0. The van der Waals surface area contributed by atoms with Crippen molar-refractivity contribution in [2.75, 3.05) is 13.1 Å². The molecule has 1 unspecified atom stereocenters. The van der Waals surface area contributed by atoms with Crippen molar-refractivity contribution in [3.8, 4) is 0 Å². The van der Waals surface area contributed by atoms with Crippen LogP contribution in [0.4, 0.5) is 0 Å². The van der Waals surface area contributed by atoms with Gasteiger partial charge in [-0.3, -0.25) is 4.79 Å². The first-order valence-corrected chi connectivity index (χ1v) is 6.29. The highest BCUT2D eigenvalue weighted by Crippen LogP contribution is 2.25. The summed E-state index contributed by atoms with van der Waals surface area (Å²) in [7, 11) is 0. The molecular formula is C11H21N5O. The van der Waals surface area contributed by atoms with Gasteiger partial charge in [0.05, 0.1) is 6.04 Å². The Hall–Kier alpha value is -1.26. The van der Waals surface area contributed by atoms with Crippen LogP contribution in [0.25, 0.3) is 10.4 Å². The molecule has 0 saturated heterocycles. The van der Waals surface area contributed by atoms with Crippen LogP contribution in [0, 0.1) is 5.92 Å². The van der Waals surface area contributed by atoms with Gasteiger partial charge < -0.3 is 11.1 Å². The molecule has 0 aromatic carbocycles. The van der Waals surface area contributed by atoms with Gasteiger partial charge in [0.25, 0.3) is 0 Å². The molecule has 0 spiro atoms. The van der Waals surface area contributed by atoms with E-state index >= 15 is 0 Å². The summed E-state index contributed by atoms with van der Waals surface area (Å²) in [5.74, 6) is 0.0407. The van der Waals surface area contributed by atoms with Crippen molar-refractivity contribution in [3.63, 3.8) is 0 Å². The summed E-state index contributed by atoms with van der Waals surface area (Å²) in [4.78, 5) is 14.1. The molecule has 17 heavy (non-hydrogen) atoms. The van der Waals surface area contributed by atoms with Crippen LogP contribution in [0.3, 0.4) is 0 Å². The van der Waals surface area contributed by atoms with Crippen LogP contribution in [0.1, 0.15) is 38.5 Å². The van der Waals surface area contributed by atoms with E-state index in [1.807, 2.05) is 0 Å². The van der Waals surface area contributed by atoms with Crippen molar-refractivity contribution in [1.82, 2.24) is 5.32 Å². The van der Waals surface area contributed by atoms with Crippen molar-refractivity contribution in [1.29, 1.82) is 0 Å². The maximum absolute atomic E-state index is 11.4. The first kappa shape index (κ1) is 13.8. The number of azide groups is 1. The molecule has 1 fully saturated rings. The summed E-state index contributed by atoms with van der Waals surface area (Å²) in [6.45, 7) is 0.862. The van der Waals surface area contributed by atoms with E-state index in [-0.39, 0.29) is 11.9 Å². The highest BCUT2D eigenvalue weighted by Gasteiger charge is 2.26. The molecule has 0 heterocycles. The number of carbonyl (C=O) groups excluding carboxylic acids is 1. The average molecular weight is 239 g/mol. The normalized spacial score (nSPS) is 19.1. The van der Waals surface area contributed by atoms with E-state index in [9.17, 15) is 4.79 Å². The highest BCUT2D eigenvalue weighted by molar-refractivity contribution is 5.80. The Bertz CT molecular complexity index is 280. The lowest BCUT2D eigenvalue weighted by Gasteiger charge is -2.24. The monoisotopic (exact) mass is 239 g/mol. The zero-order chi connectivity index (χ0) is 12.5. The lowest BCUT2D eigenvalue weighted by molar-refractivity contribution is -0.121. The third-order valence-electron chi connectivity index (χ3n) is 3.32. The number of primary amides is 1. The van der Waals surface area contributed by atoms with Crippen molar-refractivity contribution in [2.24, 2.45) is 16.8 Å². The standard InChI is InChI=1S/C11H21N5O/c12-11(17)10(14-7-8-15-16-13)9-5-3-1-2-4-6-9/h9-10,14H,1-8H2,(H2,12,17). The number of nitrogens with one attached hydrogen (secondary N) is 1. The van der Waals surface area contributed by atoms with Crippen LogP contribution in [0.5, 0.6) is 0 Å². The van der Waals surface area contributed by atoms with E-state index in [0.717, 1.165) is 12.8 Å². The predicted octanol–water partition coefficient (Wildman–Crippen LogP) is 1.71. The Morgan fingerprint density at radius 2 is 2.06 bits per heavy atom. The first-order valence-electron chi connectivity index (χ1n) is 6.29. The van der Waals surface area contributed by atoms with Crippen LogP contribution < -0.4 is 11.1 Å². The summed E-state index contributed by atoms with van der Waals surface area (Å²) in [6.07, 6.45) is 6.96. The molecule has 0 aliphatic heterocycles. The number of hydrogen-bond donors (Lipinski definition) is 2. The largest absolute Gasteiger partial charge is 0.368 e. The Balaban J connectivity index is 2.45. The van der Waals surface area contributed by atoms with Gasteiger partial charge in [0.2, 0.25) is 5.91 Å². The fraction of sp³-hybridized carbons (Fsp3) is 0.909. The quantitative estimate of drug-likeness (QED) is 0.242. The Morgan fingerprint density at radius 3 is 2.59 bits per heavy atom. The van der Waals surface area contributed by atoms with E-state index in [4.69, 9.17) is 11.3 Å². The molecule has 1 saturated carbocycles. The van der Waals surface area contributed by atoms with Crippen molar-refractivity contribution < 1.29 is 4.79 Å². The number of amides is 1. The Labute approximate surface area is 102 Å². The molecule has 1 aliphatic carbocycles. The minimum Gasteiger partial charge on any atom is -0.368 e. The van der Waals surface area contributed by atoms with E-state index < -0.39 is 0 Å². The van der Waals surface area contributed by atoms with Gasteiger partial charge in [-0.2, -0.15) is 0 Å². The summed E-state index contributed by atoms with van der Waals surface area (Å²) in [6, 6.07) is -0.276. The van der Waals surface area contributed by atoms with Crippen molar-refractivity contribution in [3.05, 3.63) is 10.4 Å². The molecule has 0 aromatic rings. The Morgan fingerprint density at radius 1 is 1.41 bits per heavy atom. The van der Waals surface area contributed by atoms with Gasteiger partial charge in [-0.15, -0.1) is 0 Å². The highest BCUT2D eigenvalue weighted by atomic mass is 16.1. The van der Waals surface area contributed by atoms with E-state index in [1.165, 1.54) is 25.7 Å². The van der Waals surface area contributed by atoms with E-state index in [0.29, 0.717) is 19.0 Å². The minimum absolute atomic E-state index is 0.276. The van der Waals surface area contributed by atoms with Crippen LogP contribution in [0.2, 0.25) is 0 Å². The average Bonchev–Trinajstić information content (AvgIpc) is 2.57. The molecule has 1 atom stereocenters. The van der Waals surface area contributed by atoms with Gasteiger partial charge in [-0.1, -0.05) is 30.8 Å². The molecular weight excluding hydrogens is 218 g/mol. The lowest BCUT2D eigenvalue weighted by Crippen LogP contribution is -2.47. The molecule has 6 nitrogen and oxygen atoms in total. The molecule has 0 aromatic heterocycles. The molecule has 0 radical (unpaired) electrons. The molecule has 1 rings (SSSR count). The van der Waals surface area contributed by atoms with Crippen molar-refractivity contribution >= 4 is 5.91 Å². The minimum atomic E-state index is -0.294. The molecule has 1 amide bonds. The van der Waals surface area contributed by atoms with Gasteiger partial charge >= 0.3 is 0 Å². The van der Waals surface area contributed by atoms with E-state index in [2.05, 4.69) is 15.3 Å². The SMILES string of the molecule is [N-]=[N+]=NCCNC(C(N)=O)C1CCCCCC1. The number of rotatable bonds is 6. The van der Waals surface area contributed by atoms with Gasteiger partial charge in [-0.05, 0) is 24.3 Å². The van der Waals surface area contributed by atoms with E-state index in [1.54, 1.807) is 0 Å². The second-order valence-corrected chi connectivity index (χ2v) is 4.54. The maximum Gasteiger partial charge on any atom is 0.234 e. The number of carbonyl (C=O) groups is 1. The fourth-order valence-corrected chi connectivity index (χ4v) is 2.46. The summed E-state index contributed by atoms with van der Waals surface area (Å²) >= 11 is 0. The van der Waals surface area contributed by atoms with Gasteiger partial charge in [-0.25, -0.2) is 0 Å². The third kappa shape index (κ3) is 5.06. The Kier molecular flexibility index (Phi) is 6.43. The molecule has 3 N–H and O–H groups in total. The van der Waals surface area contributed by atoms with Crippen LogP contribution in [0.15, 0.2) is 5.11 Å². The molecule has 0 bridgehead atoms. The van der Waals surface area contributed by atoms with Crippen LogP contribution in [-0.2, 0) is 4.79 Å². The fourth-order valence-electron chi connectivity index (χ4n) is 2.46. The third-order valence-corrected chi connectivity index (χ3v) is 3.32. The maximum atomic E-state index is 11.4. The van der Waals surface area contributed by atoms with Gasteiger partial charge in [0.1, 0.15) is 0 Å². The summed E-state index contributed by atoms with van der Waals surface area (Å²) in [5.41, 5.74) is 13.6. The van der Waals surface area contributed by atoms with Crippen LogP contribution >= 0.6 is 0 Å². The molecule has 1 aliphatic rings. The topological polar surface area (TPSA) is 104 Å². The second-order valence-electron chi connectivity index (χ2n) is 4.54. The number of hydrogen-bond acceptors (Lipinski definition) is 3. The smallest absolute Gasteiger partial charge is 0.234 e. The van der Waals surface area contributed by atoms with Crippen LogP contribution in [-0.4, -0.2) is 25.0 Å². The van der Waals surface area contributed by atoms with Crippen molar-refractivity contribution in [2.45, 2.75) is 44.6 Å². The zero-order valence-electron chi connectivity index (χ0n) is 10.1. The number of nitrogens with zero attached hydrogens (tertiary/aromatic N) is 3. The molecule has 96 valence electrons. The second kappa shape index (κ2) is 7.92.